The van der Waals surface area contributed by atoms with Gasteiger partial charge in [-0.25, -0.2) is 0 Å². The van der Waals surface area contributed by atoms with Gasteiger partial charge in [0.05, 0.1) is 11.6 Å². The van der Waals surface area contributed by atoms with E-state index in [-0.39, 0.29) is 18.4 Å². The molecule has 0 aliphatic carbocycles. The summed E-state index contributed by atoms with van der Waals surface area (Å²) in [5, 5.41) is 8.91. The number of aromatic nitrogens is 1. The van der Waals surface area contributed by atoms with Gasteiger partial charge in [-0.15, -0.1) is 0 Å². The van der Waals surface area contributed by atoms with Crippen LogP contribution in [0, 0.1) is 11.3 Å². The Morgan fingerprint density at radius 2 is 2.08 bits per heavy atom. The number of hydrogen-bond donors (Lipinski definition) is 0. The molecular formula is C17H21N5O2. The van der Waals surface area contributed by atoms with Crippen molar-refractivity contribution in [2.24, 2.45) is 0 Å². The normalized spacial score (nSPS) is 20.9. The molecule has 2 aliphatic heterocycles. The monoisotopic (exact) mass is 327 g/mol. The summed E-state index contributed by atoms with van der Waals surface area (Å²) in [5.74, 6) is -0.0241. The quantitative estimate of drug-likeness (QED) is 0.733. The highest BCUT2D eigenvalue weighted by molar-refractivity contribution is 5.94. The van der Waals surface area contributed by atoms with Crippen LogP contribution in [-0.4, -0.2) is 76.8 Å². The maximum Gasteiger partial charge on any atom is 0.255 e. The fraction of sp³-hybridized carbons (Fsp3) is 0.529. The molecule has 7 heteroatoms. The molecule has 126 valence electrons. The number of nitriles is 1. The molecule has 0 unspecified atom stereocenters. The Morgan fingerprint density at radius 1 is 1.33 bits per heavy atom. The number of hydrogen-bond acceptors (Lipinski definition) is 5. The molecule has 7 nitrogen and oxygen atoms in total. The van der Waals surface area contributed by atoms with Crippen LogP contribution in [0.15, 0.2) is 24.5 Å². The third-order valence-corrected chi connectivity index (χ3v) is 5.17. The van der Waals surface area contributed by atoms with Gasteiger partial charge in [0, 0.05) is 38.6 Å². The predicted octanol–water partition coefficient (Wildman–Crippen LogP) is 0.354. The molecule has 1 spiro atoms. The summed E-state index contributed by atoms with van der Waals surface area (Å²) in [6, 6.07) is 5.57. The zero-order chi connectivity index (χ0) is 17.2. The lowest BCUT2D eigenvalue weighted by Gasteiger charge is -2.51. The largest absolute Gasteiger partial charge is 0.338 e. The molecule has 1 aromatic heterocycles. The topological polar surface area (TPSA) is 80.5 Å². The zero-order valence-electron chi connectivity index (χ0n) is 13.8. The number of amides is 2. The van der Waals surface area contributed by atoms with Gasteiger partial charge < -0.3 is 9.80 Å². The van der Waals surface area contributed by atoms with E-state index < -0.39 is 5.54 Å². The fourth-order valence-corrected chi connectivity index (χ4v) is 3.63. The first-order valence-electron chi connectivity index (χ1n) is 8.15. The summed E-state index contributed by atoms with van der Waals surface area (Å²) >= 11 is 0. The lowest BCUT2D eigenvalue weighted by molar-refractivity contribution is -0.152. The lowest BCUT2D eigenvalue weighted by Crippen LogP contribution is -2.68. The molecule has 2 fully saturated rings. The van der Waals surface area contributed by atoms with Crippen molar-refractivity contribution in [2.75, 3.05) is 39.8 Å². The minimum absolute atomic E-state index is 0.0197. The average molecular weight is 327 g/mol. The maximum absolute atomic E-state index is 12.9. The Hall–Kier alpha value is -2.46. The SMILES string of the molecule is CN1CCN(CC#N)C(=O)C12CCN(C(=O)c1cccnc1)CC2. The summed E-state index contributed by atoms with van der Waals surface area (Å²) in [5.41, 5.74) is -0.0104. The van der Waals surface area contributed by atoms with Gasteiger partial charge in [-0.1, -0.05) is 0 Å². The summed E-state index contributed by atoms with van der Waals surface area (Å²) < 4.78 is 0. The zero-order valence-corrected chi connectivity index (χ0v) is 13.8. The molecule has 0 aromatic carbocycles. The van der Waals surface area contributed by atoms with Crippen LogP contribution in [0.3, 0.4) is 0 Å². The second-order valence-corrected chi connectivity index (χ2v) is 6.37. The van der Waals surface area contributed by atoms with E-state index >= 15 is 0 Å². The lowest BCUT2D eigenvalue weighted by atomic mass is 9.82. The van der Waals surface area contributed by atoms with Gasteiger partial charge in [-0.3, -0.25) is 19.5 Å². The molecule has 2 amide bonds. The second kappa shape index (κ2) is 6.57. The van der Waals surface area contributed by atoms with Crippen LogP contribution in [-0.2, 0) is 4.79 Å². The minimum Gasteiger partial charge on any atom is -0.338 e. The Balaban J connectivity index is 1.72. The van der Waals surface area contributed by atoms with E-state index in [2.05, 4.69) is 16.0 Å². The van der Waals surface area contributed by atoms with E-state index in [1.54, 1.807) is 34.3 Å². The summed E-state index contributed by atoms with van der Waals surface area (Å²) in [7, 11) is 1.96. The predicted molar refractivity (Wildman–Crippen MR) is 86.9 cm³/mol. The van der Waals surface area contributed by atoms with Crippen molar-refractivity contribution in [3.8, 4) is 6.07 Å². The van der Waals surface area contributed by atoms with Crippen molar-refractivity contribution in [2.45, 2.75) is 18.4 Å². The van der Waals surface area contributed by atoms with Gasteiger partial charge in [-0.05, 0) is 32.0 Å². The van der Waals surface area contributed by atoms with Gasteiger partial charge in [0.25, 0.3) is 5.91 Å². The van der Waals surface area contributed by atoms with Crippen molar-refractivity contribution in [3.05, 3.63) is 30.1 Å². The molecule has 0 radical (unpaired) electrons. The van der Waals surface area contributed by atoms with Gasteiger partial charge in [0.2, 0.25) is 5.91 Å². The Labute approximate surface area is 141 Å². The Kier molecular flexibility index (Phi) is 4.49. The fourth-order valence-electron chi connectivity index (χ4n) is 3.63. The second-order valence-electron chi connectivity index (χ2n) is 6.37. The van der Waals surface area contributed by atoms with E-state index in [1.807, 2.05) is 7.05 Å². The van der Waals surface area contributed by atoms with Crippen molar-refractivity contribution in [1.82, 2.24) is 19.7 Å². The van der Waals surface area contributed by atoms with E-state index in [1.165, 1.54) is 0 Å². The molecule has 3 rings (SSSR count). The number of nitrogens with zero attached hydrogens (tertiary/aromatic N) is 5. The first-order valence-corrected chi connectivity index (χ1v) is 8.15. The van der Waals surface area contributed by atoms with Crippen LogP contribution in [0.1, 0.15) is 23.2 Å². The summed E-state index contributed by atoms with van der Waals surface area (Å²) in [4.78, 5) is 34.9. The van der Waals surface area contributed by atoms with Crippen molar-refractivity contribution < 1.29 is 9.59 Å². The van der Waals surface area contributed by atoms with Crippen LogP contribution in [0.25, 0.3) is 0 Å². The number of pyridine rings is 1. The molecule has 2 aliphatic rings. The molecule has 0 N–H and O–H groups in total. The van der Waals surface area contributed by atoms with Crippen molar-refractivity contribution >= 4 is 11.8 Å². The average Bonchev–Trinajstić information content (AvgIpc) is 2.63. The number of carbonyl (C=O) groups is 2. The molecule has 24 heavy (non-hydrogen) atoms. The van der Waals surface area contributed by atoms with E-state index in [4.69, 9.17) is 5.26 Å². The van der Waals surface area contributed by atoms with Crippen molar-refractivity contribution in [3.63, 3.8) is 0 Å². The Bertz CT molecular complexity index is 661. The van der Waals surface area contributed by atoms with Crippen LogP contribution >= 0.6 is 0 Å². The minimum atomic E-state index is -0.583. The number of likely N-dealkylation sites (tertiary alicyclic amines) is 1. The molecule has 0 saturated carbocycles. The van der Waals surface area contributed by atoms with Gasteiger partial charge in [0.1, 0.15) is 12.1 Å². The number of likely N-dealkylation sites (N-methyl/N-ethyl adjacent to an activating group) is 1. The number of carbonyl (C=O) groups excluding carboxylic acids is 2. The highest BCUT2D eigenvalue weighted by atomic mass is 16.2. The highest BCUT2D eigenvalue weighted by Gasteiger charge is 2.49. The van der Waals surface area contributed by atoms with Gasteiger partial charge in [0.15, 0.2) is 0 Å². The molecule has 0 atom stereocenters. The molecule has 2 saturated heterocycles. The summed E-state index contributed by atoms with van der Waals surface area (Å²) in [6.07, 6.45) is 4.40. The number of piperidine rings is 1. The van der Waals surface area contributed by atoms with Gasteiger partial charge >= 0.3 is 0 Å². The smallest absolute Gasteiger partial charge is 0.255 e. The molecular weight excluding hydrogens is 306 g/mol. The third-order valence-electron chi connectivity index (χ3n) is 5.17. The van der Waals surface area contributed by atoms with Gasteiger partial charge in [-0.2, -0.15) is 5.26 Å². The molecule has 3 heterocycles. The maximum atomic E-state index is 12.9. The molecule has 0 bridgehead atoms. The molecule has 1 aromatic rings. The highest BCUT2D eigenvalue weighted by Crippen LogP contribution is 2.33. The Morgan fingerprint density at radius 3 is 2.71 bits per heavy atom. The van der Waals surface area contributed by atoms with Crippen LogP contribution in [0.5, 0.6) is 0 Å². The van der Waals surface area contributed by atoms with Crippen molar-refractivity contribution in [1.29, 1.82) is 5.26 Å². The van der Waals surface area contributed by atoms with E-state index in [9.17, 15) is 9.59 Å². The standard InChI is InChI=1S/C17H21N5O2/c1-20-11-12-22(10-6-18)16(24)17(20)4-8-21(9-5-17)15(23)14-3-2-7-19-13-14/h2-3,7,13H,4-5,8-12H2,1H3. The number of piperazine rings is 1. The van der Waals surface area contributed by atoms with Crippen LogP contribution in [0.4, 0.5) is 0 Å². The first kappa shape index (κ1) is 16.4. The summed E-state index contributed by atoms with van der Waals surface area (Å²) in [6.45, 7) is 2.54. The van der Waals surface area contributed by atoms with Crippen LogP contribution < -0.4 is 0 Å². The van der Waals surface area contributed by atoms with E-state index in [0.717, 1.165) is 6.54 Å². The number of rotatable bonds is 2. The van der Waals surface area contributed by atoms with E-state index in [0.29, 0.717) is 38.0 Å². The third kappa shape index (κ3) is 2.74. The van der Waals surface area contributed by atoms with Crippen LogP contribution in [0.2, 0.25) is 0 Å². The first-order chi connectivity index (χ1) is 11.6.